The van der Waals surface area contributed by atoms with Crippen LogP contribution in [0, 0.1) is 0 Å². The van der Waals surface area contributed by atoms with E-state index in [1.807, 2.05) is 25.7 Å². The number of hydrogen-bond acceptors (Lipinski definition) is 2. The summed E-state index contributed by atoms with van der Waals surface area (Å²) in [5, 5.41) is 0. The van der Waals surface area contributed by atoms with E-state index in [1.165, 1.54) is 0 Å². The van der Waals surface area contributed by atoms with Crippen molar-refractivity contribution in [3.8, 4) is 0 Å². The molecule has 0 radical (unpaired) electrons. The summed E-state index contributed by atoms with van der Waals surface area (Å²) in [6, 6.07) is 0. The van der Waals surface area contributed by atoms with Crippen LogP contribution in [0.2, 0.25) is 19.6 Å². The van der Waals surface area contributed by atoms with Gasteiger partial charge >= 0.3 is 6.09 Å². The Morgan fingerprint density at radius 1 is 1.36 bits per heavy atom. The van der Waals surface area contributed by atoms with Crippen molar-refractivity contribution < 1.29 is 9.53 Å². The first-order valence-electron chi connectivity index (χ1n) is 5.11. The topological polar surface area (TPSA) is 29.3 Å². The maximum Gasteiger partial charge on any atom is 0.410 e. The fourth-order valence-corrected chi connectivity index (χ4v) is 3.19. The smallest absolute Gasteiger partial charge is 0.410 e. The minimum atomic E-state index is -1.20. The normalized spacial score (nSPS) is 22.1. The van der Waals surface area contributed by atoms with Gasteiger partial charge in [-0.1, -0.05) is 19.6 Å². The second-order valence-corrected chi connectivity index (χ2v) is 11.4. The van der Waals surface area contributed by atoms with Gasteiger partial charge < -0.3 is 9.64 Å². The highest BCUT2D eigenvalue weighted by atomic mass is 28.3. The van der Waals surface area contributed by atoms with E-state index in [4.69, 9.17) is 4.74 Å². The molecule has 82 valence electrons. The van der Waals surface area contributed by atoms with E-state index in [0.717, 1.165) is 6.54 Å². The van der Waals surface area contributed by atoms with Gasteiger partial charge in [0.15, 0.2) is 0 Å². The molecule has 0 N–H and O–H groups in total. The molecule has 0 aromatic rings. The van der Waals surface area contributed by atoms with E-state index in [0.29, 0.717) is 5.67 Å². The summed E-state index contributed by atoms with van der Waals surface area (Å²) in [5.74, 6) is 0. The third kappa shape index (κ3) is 3.01. The summed E-state index contributed by atoms with van der Waals surface area (Å²) in [6.07, 6.45) is -0.148. The van der Waals surface area contributed by atoms with Crippen molar-refractivity contribution in [1.82, 2.24) is 4.90 Å². The number of nitrogens with zero attached hydrogens (tertiary/aromatic N) is 1. The average molecular weight is 215 g/mol. The maximum atomic E-state index is 11.6. The van der Waals surface area contributed by atoms with Gasteiger partial charge in [0, 0.05) is 12.2 Å². The Bertz CT molecular complexity index is 239. The Morgan fingerprint density at radius 3 is 2.14 bits per heavy atom. The molecule has 1 heterocycles. The third-order valence-corrected chi connectivity index (χ3v) is 4.73. The summed E-state index contributed by atoms with van der Waals surface area (Å²) in [7, 11) is -1.20. The lowest BCUT2D eigenvalue weighted by molar-refractivity contribution is 0.0416. The summed E-state index contributed by atoms with van der Waals surface area (Å²) in [6.45, 7) is 13.4. The molecule has 0 aliphatic carbocycles. The molecule has 1 fully saturated rings. The van der Waals surface area contributed by atoms with Crippen molar-refractivity contribution in [1.29, 1.82) is 0 Å². The fraction of sp³-hybridized carbons (Fsp3) is 0.900. The van der Waals surface area contributed by atoms with Gasteiger partial charge in [-0.15, -0.1) is 0 Å². The van der Waals surface area contributed by atoms with Gasteiger partial charge in [0.05, 0.1) is 8.07 Å². The van der Waals surface area contributed by atoms with Crippen LogP contribution in [0.5, 0.6) is 0 Å². The zero-order chi connectivity index (χ0) is 11.1. The summed E-state index contributed by atoms with van der Waals surface area (Å²) in [4.78, 5) is 13.4. The average Bonchev–Trinajstić information content (AvgIpc) is 2.55. The molecule has 1 atom stereocenters. The highest BCUT2D eigenvalue weighted by Crippen LogP contribution is 2.29. The predicted molar refractivity (Wildman–Crippen MR) is 60.1 cm³/mol. The molecule has 0 spiro atoms. The molecule has 4 heteroatoms. The summed E-state index contributed by atoms with van der Waals surface area (Å²) < 4.78 is 5.30. The SMILES string of the molecule is CC(C)(C)OC(=O)N1CC1[Si](C)(C)C. The Kier molecular flexibility index (Phi) is 2.69. The van der Waals surface area contributed by atoms with Crippen LogP contribution in [-0.2, 0) is 4.74 Å². The molecule has 1 saturated heterocycles. The molecule has 1 amide bonds. The van der Waals surface area contributed by atoms with E-state index in [9.17, 15) is 4.79 Å². The molecular weight excluding hydrogens is 194 g/mol. The van der Waals surface area contributed by atoms with Crippen molar-refractivity contribution in [3.63, 3.8) is 0 Å². The monoisotopic (exact) mass is 215 g/mol. The third-order valence-electron chi connectivity index (χ3n) is 2.24. The van der Waals surface area contributed by atoms with Gasteiger partial charge in [0.2, 0.25) is 0 Å². The Morgan fingerprint density at radius 2 is 1.86 bits per heavy atom. The van der Waals surface area contributed by atoms with Crippen molar-refractivity contribution >= 4 is 14.2 Å². The van der Waals surface area contributed by atoms with Crippen molar-refractivity contribution in [3.05, 3.63) is 0 Å². The molecule has 14 heavy (non-hydrogen) atoms. The zero-order valence-electron chi connectivity index (χ0n) is 10.0. The van der Waals surface area contributed by atoms with Crippen molar-refractivity contribution in [2.24, 2.45) is 0 Å². The van der Waals surface area contributed by atoms with Crippen LogP contribution in [0.15, 0.2) is 0 Å². The first-order valence-corrected chi connectivity index (χ1v) is 8.68. The largest absolute Gasteiger partial charge is 0.444 e. The lowest BCUT2D eigenvalue weighted by atomic mass is 10.2. The van der Waals surface area contributed by atoms with E-state index in [-0.39, 0.29) is 11.7 Å². The molecule has 1 rings (SSSR count). The molecule has 1 aliphatic heterocycles. The highest BCUT2D eigenvalue weighted by molar-refractivity contribution is 6.78. The molecule has 0 aromatic carbocycles. The van der Waals surface area contributed by atoms with E-state index in [1.54, 1.807) is 0 Å². The molecule has 0 saturated carbocycles. The van der Waals surface area contributed by atoms with Crippen LogP contribution in [-0.4, -0.2) is 36.9 Å². The van der Waals surface area contributed by atoms with Gasteiger partial charge in [-0.25, -0.2) is 4.79 Å². The predicted octanol–water partition coefficient (Wildman–Crippen LogP) is 2.48. The van der Waals surface area contributed by atoms with Gasteiger partial charge in [0.1, 0.15) is 5.60 Å². The Balaban J connectivity index is 2.45. The number of hydrogen-bond donors (Lipinski definition) is 0. The zero-order valence-corrected chi connectivity index (χ0v) is 11.0. The molecule has 1 aliphatic rings. The van der Waals surface area contributed by atoms with E-state index >= 15 is 0 Å². The number of carbonyl (C=O) groups is 1. The van der Waals surface area contributed by atoms with Crippen LogP contribution in [0.3, 0.4) is 0 Å². The molecule has 0 aromatic heterocycles. The van der Waals surface area contributed by atoms with Gasteiger partial charge in [-0.3, -0.25) is 0 Å². The quantitative estimate of drug-likeness (QED) is 0.497. The lowest BCUT2D eigenvalue weighted by Crippen LogP contribution is -2.35. The van der Waals surface area contributed by atoms with Crippen LogP contribution < -0.4 is 0 Å². The highest BCUT2D eigenvalue weighted by Gasteiger charge is 2.48. The van der Waals surface area contributed by atoms with Crippen molar-refractivity contribution in [2.45, 2.75) is 51.7 Å². The first kappa shape index (κ1) is 11.6. The molecular formula is C10H21NO2Si. The van der Waals surface area contributed by atoms with E-state index < -0.39 is 8.07 Å². The van der Waals surface area contributed by atoms with Gasteiger partial charge in [0.25, 0.3) is 0 Å². The molecule has 3 nitrogen and oxygen atoms in total. The molecule has 0 bridgehead atoms. The summed E-state index contributed by atoms with van der Waals surface area (Å²) in [5.41, 5.74) is 0.112. The van der Waals surface area contributed by atoms with Crippen LogP contribution in [0.1, 0.15) is 20.8 Å². The first-order chi connectivity index (χ1) is 6.11. The molecule has 1 unspecified atom stereocenters. The van der Waals surface area contributed by atoms with Crippen LogP contribution >= 0.6 is 0 Å². The number of amides is 1. The van der Waals surface area contributed by atoms with Gasteiger partial charge in [-0.2, -0.15) is 0 Å². The van der Waals surface area contributed by atoms with Crippen LogP contribution in [0.4, 0.5) is 4.79 Å². The van der Waals surface area contributed by atoms with Gasteiger partial charge in [-0.05, 0) is 20.8 Å². The second-order valence-electron chi connectivity index (χ2n) is 6.01. The Labute approximate surface area is 87.4 Å². The van der Waals surface area contributed by atoms with Crippen LogP contribution in [0.25, 0.3) is 0 Å². The number of rotatable bonds is 1. The number of ether oxygens (including phenoxy) is 1. The second kappa shape index (κ2) is 3.26. The maximum absolute atomic E-state index is 11.6. The minimum absolute atomic E-state index is 0.148. The van der Waals surface area contributed by atoms with E-state index in [2.05, 4.69) is 19.6 Å². The lowest BCUT2D eigenvalue weighted by Gasteiger charge is -2.21. The van der Waals surface area contributed by atoms with Crippen molar-refractivity contribution in [2.75, 3.05) is 6.54 Å². The Hall–Kier alpha value is -0.513. The summed E-state index contributed by atoms with van der Waals surface area (Å²) >= 11 is 0. The number of carbonyl (C=O) groups excluding carboxylic acids is 1. The standard InChI is InChI=1S/C10H21NO2Si/c1-10(2,3)13-9(12)11-7-8(11)14(4,5)6/h8H,7H2,1-6H3. The minimum Gasteiger partial charge on any atom is -0.444 e. The fourth-order valence-electron chi connectivity index (χ4n) is 1.40.